The Kier molecular flexibility index (Phi) is 8.99. The van der Waals surface area contributed by atoms with Gasteiger partial charge in [0, 0.05) is 50.4 Å². The van der Waals surface area contributed by atoms with E-state index in [-0.39, 0.29) is 50.5 Å². The van der Waals surface area contributed by atoms with E-state index in [1.807, 2.05) is 38.1 Å². The molecule has 1 atom stereocenters. The average Bonchev–Trinajstić information content (AvgIpc) is 2.66. The fraction of sp³-hybridized carbons (Fsp3) is 0.458. The van der Waals surface area contributed by atoms with Crippen LogP contribution in [0.2, 0.25) is 0 Å². The number of carbonyl (C=O) groups is 1. The number of nitrogens with zero attached hydrogens (tertiary/aromatic N) is 1. The molecule has 0 spiro atoms. The van der Waals surface area contributed by atoms with Crippen molar-refractivity contribution in [3.05, 3.63) is 65.0 Å². The molecule has 0 bridgehead atoms. The first-order chi connectivity index (χ1) is 13.4. The van der Waals surface area contributed by atoms with E-state index in [0.717, 1.165) is 59.2 Å². The molecule has 0 aromatic heterocycles. The van der Waals surface area contributed by atoms with Crippen LogP contribution in [0.15, 0.2) is 42.5 Å². The minimum absolute atomic E-state index is 0. The molecular weight excluding hydrogens is 440 g/mol. The summed E-state index contributed by atoms with van der Waals surface area (Å²) in [6.45, 7) is 8.79. The number of piperidine rings is 1. The van der Waals surface area contributed by atoms with Crippen LogP contribution in [0.1, 0.15) is 49.3 Å². The number of likely N-dealkylation sites (tertiary alicyclic amines) is 1. The number of hydrogen-bond acceptors (Lipinski definition) is 1. The molecule has 1 N–H and O–H groups in total. The van der Waals surface area contributed by atoms with Crippen molar-refractivity contribution in [3.63, 3.8) is 0 Å². The van der Waals surface area contributed by atoms with Crippen molar-refractivity contribution in [2.45, 2.75) is 59.0 Å². The molecule has 29 heavy (non-hydrogen) atoms. The molecule has 3 rings (SSSR count). The van der Waals surface area contributed by atoms with Crippen LogP contribution in [0.3, 0.4) is 0 Å². The van der Waals surface area contributed by atoms with Gasteiger partial charge in [0.1, 0.15) is 12.4 Å². The third-order valence-electron chi connectivity index (χ3n) is 6.17. The van der Waals surface area contributed by atoms with Crippen molar-refractivity contribution in [1.29, 1.82) is 0 Å². The van der Waals surface area contributed by atoms with Crippen LogP contribution in [-0.4, -0.2) is 29.5 Å². The first kappa shape index (κ1) is 24.2. The number of carbonyl (C=O) groups excluding carboxylic acids is 1. The second kappa shape index (κ2) is 10.8. The first-order valence-electron chi connectivity index (χ1n) is 10.4. The molecule has 5 heteroatoms. The number of quaternary nitrogens is 1. The summed E-state index contributed by atoms with van der Waals surface area (Å²) in [5.74, 6) is -0.126. The van der Waals surface area contributed by atoms with Crippen molar-refractivity contribution in [1.82, 2.24) is 0 Å². The SMILES string of the molecule is CCC(C(=O)Nc1c(C)cccc1C)[N+]1(Cc2cccc(F)c2)CCCCC1.[Y]. The number of halogens is 1. The largest absolute Gasteiger partial charge is 0.320 e. The fourth-order valence-electron chi connectivity index (χ4n) is 4.76. The molecule has 1 unspecified atom stereocenters. The molecule has 1 fully saturated rings. The minimum Gasteiger partial charge on any atom is -0.320 e. The van der Waals surface area contributed by atoms with Gasteiger partial charge in [-0.3, -0.25) is 4.79 Å². The van der Waals surface area contributed by atoms with Crippen LogP contribution in [-0.2, 0) is 44.0 Å². The van der Waals surface area contributed by atoms with Gasteiger partial charge < -0.3 is 9.80 Å². The zero-order valence-electron chi connectivity index (χ0n) is 17.9. The number of aryl methyl sites for hydroxylation is 2. The third-order valence-corrected chi connectivity index (χ3v) is 6.17. The fourth-order valence-corrected chi connectivity index (χ4v) is 4.76. The van der Waals surface area contributed by atoms with Crippen LogP contribution in [0, 0.1) is 19.7 Å². The van der Waals surface area contributed by atoms with E-state index < -0.39 is 0 Å². The summed E-state index contributed by atoms with van der Waals surface area (Å²) in [5, 5.41) is 3.22. The Hall–Kier alpha value is -1.10. The molecule has 2 aromatic carbocycles. The predicted molar refractivity (Wildman–Crippen MR) is 113 cm³/mol. The van der Waals surface area contributed by atoms with Crippen molar-refractivity contribution in [2.75, 3.05) is 18.4 Å². The van der Waals surface area contributed by atoms with E-state index in [1.54, 1.807) is 12.1 Å². The van der Waals surface area contributed by atoms with Crippen LogP contribution >= 0.6 is 0 Å². The van der Waals surface area contributed by atoms with Gasteiger partial charge in [-0.2, -0.15) is 0 Å². The number of rotatable bonds is 6. The summed E-state index contributed by atoms with van der Waals surface area (Å²) in [6.07, 6.45) is 4.20. The average molecular weight is 472 g/mol. The zero-order valence-corrected chi connectivity index (χ0v) is 20.7. The van der Waals surface area contributed by atoms with Crippen molar-refractivity contribution >= 4 is 11.6 Å². The van der Waals surface area contributed by atoms with Crippen molar-refractivity contribution in [3.8, 4) is 0 Å². The van der Waals surface area contributed by atoms with E-state index >= 15 is 0 Å². The van der Waals surface area contributed by atoms with Gasteiger partial charge in [0.2, 0.25) is 0 Å². The quantitative estimate of drug-likeness (QED) is 0.564. The van der Waals surface area contributed by atoms with Gasteiger partial charge in [0.15, 0.2) is 6.04 Å². The van der Waals surface area contributed by atoms with Gasteiger partial charge in [-0.1, -0.05) is 37.3 Å². The molecule has 1 aliphatic heterocycles. The van der Waals surface area contributed by atoms with E-state index in [1.165, 1.54) is 12.5 Å². The molecular formula is C24H32FN2OY+. The van der Waals surface area contributed by atoms with Crippen LogP contribution in [0.25, 0.3) is 0 Å². The molecule has 2 aromatic rings. The van der Waals surface area contributed by atoms with Crippen LogP contribution < -0.4 is 5.32 Å². The van der Waals surface area contributed by atoms with E-state index in [0.29, 0.717) is 6.54 Å². The summed E-state index contributed by atoms with van der Waals surface area (Å²) in [6, 6.07) is 12.8. The molecule has 153 valence electrons. The third kappa shape index (κ3) is 5.74. The summed E-state index contributed by atoms with van der Waals surface area (Å²) >= 11 is 0. The van der Waals surface area contributed by atoms with Gasteiger partial charge in [0.25, 0.3) is 5.91 Å². The molecule has 1 heterocycles. The Bertz CT molecular complexity index is 813. The van der Waals surface area contributed by atoms with Gasteiger partial charge in [0.05, 0.1) is 13.1 Å². The summed E-state index contributed by atoms with van der Waals surface area (Å²) in [5.41, 5.74) is 4.06. The molecule has 3 nitrogen and oxygen atoms in total. The van der Waals surface area contributed by atoms with Crippen LogP contribution in [0.4, 0.5) is 10.1 Å². The van der Waals surface area contributed by atoms with E-state index in [9.17, 15) is 9.18 Å². The standard InChI is InChI=1S/C24H31FN2O.Y/c1-4-22(24(28)26-23-18(2)10-8-11-19(23)3)27(14-6-5-7-15-27)17-20-12-9-13-21(25)16-20;/h8-13,16,22H,4-7,14-15,17H2,1-3H3;/p+1. The number of para-hydroxylation sites is 1. The number of benzene rings is 2. The predicted octanol–water partition coefficient (Wildman–Crippen LogP) is 5.36. The molecule has 1 saturated heterocycles. The topological polar surface area (TPSA) is 29.1 Å². The van der Waals surface area contributed by atoms with E-state index in [2.05, 4.69) is 12.2 Å². The number of amides is 1. The second-order valence-electron chi connectivity index (χ2n) is 8.19. The number of anilines is 1. The van der Waals surface area contributed by atoms with Crippen LogP contribution in [0.5, 0.6) is 0 Å². The Morgan fingerprint density at radius 1 is 1.07 bits per heavy atom. The molecule has 1 radical (unpaired) electrons. The number of nitrogens with one attached hydrogen (secondary N) is 1. The molecule has 0 aliphatic carbocycles. The van der Waals surface area contributed by atoms with Gasteiger partial charge >= 0.3 is 0 Å². The molecule has 1 aliphatic rings. The first-order valence-corrected chi connectivity index (χ1v) is 10.4. The number of hydrogen-bond donors (Lipinski definition) is 1. The maximum Gasteiger partial charge on any atom is 0.282 e. The Morgan fingerprint density at radius 2 is 1.69 bits per heavy atom. The van der Waals surface area contributed by atoms with Gasteiger partial charge in [-0.05, 0) is 56.4 Å². The minimum atomic E-state index is -0.208. The molecule has 1 amide bonds. The summed E-state index contributed by atoms with van der Waals surface area (Å²) in [4.78, 5) is 13.4. The maximum atomic E-state index is 13.8. The second-order valence-corrected chi connectivity index (χ2v) is 8.19. The maximum absolute atomic E-state index is 13.8. The van der Waals surface area contributed by atoms with Crippen molar-refractivity contribution < 1.29 is 46.4 Å². The Labute approximate surface area is 199 Å². The van der Waals surface area contributed by atoms with Gasteiger partial charge in [-0.15, -0.1) is 0 Å². The summed E-state index contributed by atoms with van der Waals surface area (Å²) in [7, 11) is 0. The Morgan fingerprint density at radius 3 is 2.28 bits per heavy atom. The van der Waals surface area contributed by atoms with Crippen molar-refractivity contribution in [2.24, 2.45) is 0 Å². The Balaban J connectivity index is 0.00000300. The summed E-state index contributed by atoms with van der Waals surface area (Å²) < 4.78 is 14.5. The zero-order chi connectivity index (χ0) is 20.1. The van der Waals surface area contributed by atoms with E-state index in [4.69, 9.17) is 0 Å². The monoisotopic (exact) mass is 472 g/mol. The van der Waals surface area contributed by atoms with Gasteiger partial charge in [-0.25, -0.2) is 4.39 Å². The molecule has 0 saturated carbocycles. The smallest absolute Gasteiger partial charge is 0.282 e. The normalized spacial score (nSPS) is 16.6.